The maximum Gasteiger partial charge on any atom is 0.243 e. The van der Waals surface area contributed by atoms with E-state index in [2.05, 4.69) is 5.32 Å². The van der Waals surface area contributed by atoms with Crippen molar-refractivity contribution in [1.82, 2.24) is 9.62 Å². The molecule has 0 unspecified atom stereocenters. The Morgan fingerprint density at radius 2 is 1.86 bits per heavy atom. The molecular formula is C21H25ClN2O4S. The number of nitrogens with one attached hydrogen (secondary N) is 1. The van der Waals surface area contributed by atoms with Crippen LogP contribution in [0.1, 0.15) is 18.4 Å². The van der Waals surface area contributed by atoms with Crippen molar-refractivity contribution in [3.05, 3.63) is 59.1 Å². The molecule has 1 amide bonds. The van der Waals surface area contributed by atoms with E-state index in [1.807, 2.05) is 24.3 Å². The molecule has 3 rings (SSSR count). The second kappa shape index (κ2) is 9.61. The molecule has 1 atom stereocenters. The molecule has 1 fully saturated rings. The highest BCUT2D eigenvalue weighted by Gasteiger charge is 2.33. The summed E-state index contributed by atoms with van der Waals surface area (Å²) in [5.41, 5.74) is 1.09. The molecular weight excluding hydrogens is 412 g/mol. The molecule has 0 radical (unpaired) electrons. The lowest BCUT2D eigenvalue weighted by Gasteiger charge is -2.31. The van der Waals surface area contributed by atoms with Gasteiger partial charge in [0.1, 0.15) is 5.75 Å². The Labute approximate surface area is 176 Å². The van der Waals surface area contributed by atoms with Gasteiger partial charge in [0.25, 0.3) is 0 Å². The van der Waals surface area contributed by atoms with Gasteiger partial charge in [-0.25, -0.2) is 8.42 Å². The number of benzene rings is 2. The summed E-state index contributed by atoms with van der Waals surface area (Å²) in [5, 5.41) is 3.61. The summed E-state index contributed by atoms with van der Waals surface area (Å²) in [6, 6.07) is 13.8. The SMILES string of the molecule is COc1ccc(S(=O)(=O)N2CCC[C@@H](C(=O)NCCc3ccc(Cl)cc3)C2)cc1. The molecule has 1 saturated heterocycles. The van der Waals surface area contributed by atoms with E-state index < -0.39 is 10.0 Å². The monoisotopic (exact) mass is 436 g/mol. The third-order valence-corrected chi connectivity index (χ3v) is 7.21. The molecule has 0 spiro atoms. The van der Waals surface area contributed by atoms with Gasteiger partial charge in [0, 0.05) is 24.7 Å². The third kappa shape index (κ3) is 5.50. The molecule has 156 valence electrons. The van der Waals surface area contributed by atoms with Crippen LogP contribution in [-0.4, -0.2) is 45.4 Å². The number of nitrogens with zero attached hydrogens (tertiary/aromatic N) is 1. The van der Waals surface area contributed by atoms with Gasteiger partial charge in [-0.2, -0.15) is 4.31 Å². The van der Waals surface area contributed by atoms with Crippen LogP contribution in [0.2, 0.25) is 5.02 Å². The normalized spacial score (nSPS) is 17.7. The van der Waals surface area contributed by atoms with Crippen molar-refractivity contribution >= 4 is 27.5 Å². The van der Waals surface area contributed by atoms with Gasteiger partial charge in [0.2, 0.25) is 15.9 Å². The summed E-state index contributed by atoms with van der Waals surface area (Å²) in [5.74, 6) is 0.149. The number of piperidine rings is 1. The Balaban J connectivity index is 1.57. The maximum absolute atomic E-state index is 12.9. The molecule has 1 aliphatic heterocycles. The van der Waals surface area contributed by atoms with Crippen molar-refractivity contribution in [3.63, 3.8) is 0 Å². The van der Waals surface area contributed by atoms with E-state index in [1.54, 1.807) is 12.1 Å². The van der Waals surface area contributed by atoms with E-state index in [-0.39, 0.29) is 23.3 Å². The minimum Gasteiger partial charge on any atom is -0.497 e. The number of amides is 1. The average Bonchev–Trinajstić information content (AvgIpc) is 2.75. The second-order valence-electron chi connectivity index (χ2n) is 7.05. The number of rotatable bonds is 7. The van der Waals surface area contributed by atoms with Gasteiger partial charge in [-0.3, -0.25) is 4.79 Å². The van der Waals surface area contributed by atoms with E-state index in [1.165, 1.54) is 23.5 Å². The Morgan fingerprint density at radius 1 is 1.17 bits per heavy atom. The van der Waals surface area contributed by atoms with Crippen molar-refractivity contribution in [3.8, 4) is 5.75 Å². The molecule has 0 bridgehead atoms. The summed E-state index contributed by atoms with van der Waals surface area (Å²) < 4.78 is 32.3. The van der Waals surface area contributed by atoms with Gasteiger partial charge in [0.05, 0.1) is 17.9 Å². The van der Waals surface area contributed by atoms with Crippen LogP contribution in [0.5, 0.6) is 5.75 Å². The topological polar surface area (TPSA) is 75.7 Å². The first-order chi connectivity index (χ1) is 13.9. The number of carbonyl (C=O) groups is 1. The quantitative estimate of drug-likeness (QED) is 0.723. The molecule has 1 heterocycles. The van der Waals surface area contributed by atoms with Crippen molar-refractivity contribution < 1.29 is 17.9 Å². The van der Waals surface area contributed by atoms with E-state index in [0.29, 0.717) is 43.1 Å². The van der Waals surface area contributed by atoms with Crippen molar-refractivity contribution in [2.24, 2.45) is 5.92 Å². The highest BCUT2D eigenvalue weighted by Crippen LogP contribution is 2.25. The lowest BCUT2D eigenvalue weighted by atomic mass is 9.99. The largest absolute Gasteiger partial charge is 0.497 e. The van der Waals surface area contributed by atoms with Gasteiger partial charge in [-0.15, -0.1) is 0 Å². The Hall–Kier alpha value is -2.09. The molecule has 1 N–H and O–H groups in total. The van der Waals surface area contributed by atoms with Gasteiger partial charge >= 0.3 is 0 Å². The van der Waals surface area contributed by atoms with Gasteiger partial charge < -0.3 is 10.1 Å². The lowest BCUT2D eigenvalue weighted by molar-refractivity contribution is -0.126. The standard InChI is InChI=1S/C21H25ClN2O4S/c1-28-19-8-10-20(11-9-19)29(26,27)24-14-2-3-17(15-24)21(25)23-13-12-16-4-6-18(22)7-5-16/h4-11,17H,2-3,12-15H2,1H3,(H,23,25)/t17-/m1/s1. The van der Waals surface area contributed by atoms with Crippen molar-refractivity contribution in [1.29, 1.82) is 0 Å². The molecule has 2 aromatic rings. The van der Waals surface area contributed by atoms with Crippen LogP contribution in [0.3, 0.4) is 0 Å². The molecule has 2 aromatic carbocycles. The molecule has 0 saturated carbocycles. The van der Waals surface area contributed by atoms with Gasteiger partial charge in [-0.05, 0) is 61.2 Å². The van der Waals surface area contributed by atoms with Crippen molar-refractivity contribution in [2.45, 2.75) is 24.2 Å². The number of methoxy groups -OCH3 is 1. The van der Waals surface area contributed by atoms with Gasteiger partial charge in [0.15, 0.2) is 0 Å². The lowest BCUT2D eigenvalue weighted by Crippen LogP contribution is -2.45. The number of carbonyl (C=O) groups excluding carboxylic acids is 1. The fourth-order valence-electron chi connectivity index (χ4n) is 3.40. The maximum atomic E-state index is 12.9. The van der Waals surface area contributed by atoms with Crippen LogP contribution >= 0.6 is 11.6 Å². The Morgan fingerprint density at radius 3 is 2.52 bits per heavy atom. The molecule has 29 heavy (non-hydrogen) atoms. The van der Waals surface area contributed by atoms with E-state index >= 15 is 0 Å². The zero-order valence-electron chi connectivity index (χ0n) is 16.3. The number of sulfonamides is 1. The second-order valence-corrected chi connectivity index (χ2v) is 9.42. The average molecular weight is 437 g/mol. The van der Waals surface area contributed by atoms with E-state index in [0.717, 1.165) is 5.56 Å². The molecule has 0 aliphatic carbocycles. The van der Waals surface area contributed by atoms with E-state index in [4.69, 9.17) is 16.3 Å². The fraction of sp³-hybridized carbons (Fsp3) is 0.381. The van der Waals surface area contributed by atoms with Gasteiger partial charge in [-0.1, -0.05) is 23.7 Å². The number of hydrogen-bond donors (Lipinski definition) is 1. The van der Waals surface area contributed by atoms with E-state index in [9.17, 15) is 13.2 Å². The summed E-state index contributed by atoms with van der Waals surface area (Å²) in [6.07, 6.45) is 2.04. The molecule has 0 aromatic heterocycles. The smallest absolute Gasteiger partial charge is 0.243 e. The fourth-order valence-corrected chi connectivity index (χ4v) is 5.05. The zero-order valence-corrected chi connectivity index (χ0v) is 17.9. The van der Waals surface area contributed by atoms with Crippen LogP contribution in [0.4, 0.5) is 0 Å². The summed E-state index contributed by atoms with van der Waals surface area (Å²) in [7, 11) is -2.10. The van der Waals surface area contributed by atoms with Crippen molar-refractivity contribution in [2.75, 3.05) is 26.7 Å². The number of hydrogen-bond acceptors (Lipinski definition) is 4. The zero-order chi connectivity index (χ0) is 20.9. The van der Waals surface area contributed by atoms with Crippen LogP contribution in [0, 0.1) is 5.92 Å². The summed E-state index contributed by atoms with van der Waals surface area (Å²) in [4.78, 5) is 12.8. The first kappa shape index (κ1) is 21.6. The Bertz CT molecular complexity index is 930. The molecule has 1 aliphatic rings. The predicted molar refractivity (Wildman–Crippen MR) is 113 cm³/mol. The summed E-state index contributed by atoms with van der Waals surface area (Å²) >= 11 is 5.88. The first-order valence-electron chi connectivity index (χ1n) is 9.56. The minimum atomic E-state index is -3.64. The molecule has 6 nitrogen and oxygen atoms in total. The third-order valence-electron chi connectivity index (χ3n) is 5.08. The van der Waals surface area contributed by atoms with Crippen LogP contribution < -0.4 is 10.1 Å². The number of ether oxygens (including phenoxy) is 1. The molecule has 8 heteroatoms. The predicted octanol–water partition coefficient (Wildman–Crippen LogP) is 3.11. The minimum absolute atomic E-state index is 0.103. The van der Waals surface area contributed by atoms with Crippen LogP contribution in [0.25, 0.3) is 0 Å². The highest BCUT2D eigenvalue weighted by atomic mass is 35.5. The Kier molecular flexibility index (Phi) is 7.16. The van der Waals surface area contributed by atoms with Crippen LogP contribution in [-0.2, 0) is 21.2 Å². The number of halogens is 1. The highest BCUT2D eigenvalue weighted by molar-refractivity contribution is 7.89. The summed E-state index contributed by atoms with van der Waals surface area (Å²) in [6.45, 7) is 1.12. The first-order valence-corrected chi connectivity index (χ1v) is 11.4. The van der Waals surface area contributed by atoms with Crippen LogP contribution in [0.15, 0.2) is 53.4 Å².